The maximum absolute atomic E-state index is 11.5. The number of aliphatic hydroxyl groups excluding tert-OH is 3. The molecule has 0 saturated carbocycles. The first-order valence-electron chi connectivity index (χ1n) is 6.97. The Morgan fingerprint density at radius 1 is 1.30 bits per heavy atom. The van der Waals surface area contributed by atoms with Crippen LogP contribution in [-0.4, -0.2) is 63.7 Å². The summed E-state index contributed by atoms with van der Waals surface area (Å²) in [5.41, 5.74) is 0. The van der Waals surface area contributed by atoms with E-state index in [9.17, 15) is 25.2 Å². The Morgan fingerprint density at radius 3 is 2.65 bits per heavy atom. The van der Waals surface area contributed by atoms with Crippen LogP contribution in [0.15, 0.2) is 0 Å². The van der Waals surface area contributed by atoms with Gasteiger partial charge < -0.3 is 29.9 Å². The lowest BCUT2D eigenvalue weighted by atomic mass is 9.97. The number of ether oxygens (including phenoxy) is 2. The minimum atomic E-state index is -2.18. The number of aliphatic hydroxyl groups is 4. The average Bonchev–Trinajstić information content (AvgIpc) is 2.44. The van der Waals surface area contributed by atoms with Crippen molar-refractivity contribution in [1.29, 1.82) is 0 Å². The van der Waals surface area contributed by atoms with Crippen LogP contribution in [0.2, 0.25) is 0 Å². The first-order chi connectivity index (χ1) is 9.40. The number of unbranched alkanes of at least 4 members (excludes halogenated alkanes) is 3. The van der Waals surface area contributed by atoms with E-state index in [1.54, 1.807) is 0 Å². The summed E-state index contributed by atoms with van der Waals surface area (Å²) in [6.45, 7) is 1.14. The molecule has 0 radical (unpaired) electrons. The molecular weight excluding hydrogens is 268 g/mol. The van der Waals surface area contributed by atoms with E-state index in [1.165, 1.54) is 0 Å². The Kier molecular flexibility index (Phi) is 6.84. The fourth-order valence-corrected chi connectivity index (χ4v) is 1.97. The number of hydrogen-bond donors (Lipinski definition) is 4. The van der Waals surface area contributed by atoms with E-state index < -0.39 is 36.7 Å². The van der Waals surface area contributed by atoms with E-state index in [2.05, 4.69) is 6.92 Å². The van der Waals surface area contributed by atoms with Crippen molar-refractivity contribution >= 4 is 5.97 Å². The highest BCUT2D eigenvalue weighted by Gasteiger charge is 2.49. The van der Waals surface area contributed by atoms with Crippen LogP contribution in [0, 0.1) is 0 Å². The highest BCUT2D eigenvalue weighted by Crippen LogP contribution is 2.24. The van der Waals surface area contributed by atoms with Crippen molar-refractivity contribution < 1.29 is 34.7 Å². The van der Waals surface area contributed by atoms with Gasteiger partial charge in [-0.3, -0.25) is 4.79 Å². The van der Waals surface area contributed by atoms with Gasteiger partial charge >= 0.3 is 5.97 Å². The summed E-state index contributed by atoms with van der Waals surface area (Å²) in [5.74, 6) is -2.68. The molecule has 4 N–H and O–H groups in total. The van der Waals surface area contributed by atoms with Gasteiger partial charge in [-0.2, -0.15) is 0 Å². The van der Waals surface area contributed by atoms with Crippen LogP contribution in [0.5, 0.6) is 0 Å². The van der Waals surface area contributed by atoms with Crippen LogP contribution in [0.1, 0.15) is 39.0 Å². The third-order valence-corrected chi connectivity index (χ3v) is 3.36. The number of carbonyl (C=O) groups excluding carboxylic acids is 1. The molecule has 4 atom stereocenters. The number of esters is 1. The third kappa shape index (κ3) is 4.68. The molecule has 1 heterocycles. The van der Waals surface area contributed by atoms with Crippen molar-refractivity contribution in [3.05, 3.63) is 0 Å². The Balaban J connectivity index is 2.34. The van der Waals surface area contributed by atoms with Gasteiger partial charge in [-0.05, 0) is 6.42 Å². The maximum Gasteiger partial charge on any atom is 0.305 e. The zero-order valence-electron chi connectivity index (χ0n) is 11.7. The summed E-state index contributed by atoms with van der Waals surface area (Å²) < 4.78 is 9.72. The normalized spacial score (nSPS) is 34.0. The maximum atomic E-state index is 11.5. The minimum absolute atomic E-state index is 0.233. The first kappa shape index (κ1) is 17.3. The number of carbonyl (C=O) groups is 1. The van der Waals surface area contributed by atoms with Gasteiger partial charge in [-0.1, -0.05) is 26.2 Å². The Bertz CT molecular complexity index is 309. The Morgan fingerprint density at radius 2 is 2.00 bits per heavy atom. The van der Waals surface area contributed by atoms with Gasteiger partial charge in [0.15, 0.2) is 0 Å². The van der Waals surface area contributed by atoms with Crippen molar-refractivity contribution in [2.45, 2.75) is 63.1 Å². The standard InChI is InChI=1S/C13H24O7/c1-2-3-4-5-6-10(15)19-8-13(18)12(17)11(16)9(14)7-20-13/h9,11-12,14,16-18H,2-8H2,1H3. The van der Waals surface area contributed by atoms with E-state index in [0.29, 0.717) is 6.42 Å². The smallest absolute Gasteiger partial charge is 0.305 e. The highest BCUT2D eigenvalue weighted by molar-refractivity contribution is 5.69. The predicted octanol–water partition coefficient (Wildman–Crippen LogP) is -0.699. The molecule has 1 aliphatic heterocycles. The third-order valence-electron chi connectivity index (χ3n) is 3.36. The summed E-state index contributed by atoms with van der Waals surface area (Å²) in [6, 6.07) is 0. The zero-order valence-corrected chi connectivity index (χ0v) is 11.7. The molecule has 118 valence electrons. The number of hydrogen-bond acceptors (Lipinski definition) is 7. The fraction of sp³-hybridized carbons (Fsp3) is 0.923. The van der Waals surface area contributed by atoms with Crippen LogP contribution in [-0.2, 0) is 14.3 Å². The molecule has 0 bridgehead atoms. The van der Waals surface area contributed by atoms with E-state index in [1.807, 2.05) is 0 Å². The van der Waals surface area contributed by atoms with Crippen LogP contribution in [0.4, 0.5) is 0 Å². The molecule has 7 heteroatoms. The molecule has 0 aromatic heterocycles. The van der Waals surface area contributed by atoms with Gasteiger partial charge in [0.2, 0.25) is 5.79 Å². The lowest BCUT2D eigenvalue weighted by molar-refractivity contribution is -0.332. The molecule has 1 aliphatic rings. The van der Waals surface area contributed by atoms with E-state index >= 15 is 0 Å². The second-order valence-corrected chi connectivity index (χ2v) is 5.13. The van der Waals surface area contributed by atoms with Gasteiger partial charge in [0.05, 0.1) is 6.61 Å². The van der Waals surface area contributed by atoms with Gasteiger partial charge in [-0.15, -0.1) is 0 Å². The lowest BCUT2D eigenvalue weighted by Crippen LogP contribution is -2.63. The summed E-state index contributed by atoms with van der Waals surface area (Å²) in [6.07, 6.45) is -0.586. The van der Waals surface area contributed by atoms with E-state index in [-0.39, 0.29) is 13.0 Å². The minimum Gasteiger partial charge on any atom is -0.460 e. The summed E-state index contributed by atoms with van der Waals surface area (Å²) in [7, 11) is 0. The predicted molar refractivity (Wildman–Crippen MR) is 68.6 cm³/mol. The molecule has 20 heavy (non-hydrogen) atoms. The van der Waals surface area contributed by atoms with Gasteiger partial charge in [-0.25, -0.2) is 0 Å². The Labute approximate surface area is 118 Å². The summed E-state index contributed by atoms with van der Waals surface area (Å²) >= 11 is 0. The van der Waals surface area contributed by atoms with Gasteiger partial charge in [0, 0.05) is 6.42 Å². The van der Waals surface area contributed by atoms with Crippen molar-refractivity contribution in [3.8, 4) is 0 Å². The monoisotopic (exact) mass is 292 g/mol. The fourth-order valence-electron chi connectivity index (χ4n) is 1.97. The van der Waals surface area contributed by atoms with Crippen LogP contribution >= 0.6 is 0 Å². The summed E-state index contributed by atoms with van der Waals surface area (Å²) in [4.78, 5) is 11.5. The molecule has 0 spiro atoms. The topological polar surface area (TPSA) is 116 Å². The zero-order chi connectivity index (χ0) is 15.2. The first-order valence-corrected chi connectivity index (χ1v) is 6.97. The van der Waals surface area contributed by atoms with Crippen LogP contribution < -0.4 is 0 Å². The van der Waals surface area contributed by atoms with E-state index in [0.717, 1.165) is 19.3 Å². The molecule has 0 aromatic rings. The quantitative estimate of drug-likeness (QED) is 0.362. The van der Waals surface area contributed by atoms with Gasteiger partial charge in [0.25, 0.3) is 0 Å². The molecule has 4 unspecified atom stereocenters. The molecule has 0 aliphatic carbocycles. The van der Waals surface area contributed by atoms with Crippen molar-refractivity contribution in [1.82, 2.24) is 0 Å². The van der Waals surface area contributed by atoms with Crippen LogP contribution in [0.25, 0.3) is 0 Å². The molecule has 1 saturated heterocycles. The van der Waals surface area contributed by atoms with Crippen LogP contribution in [0.3, 0.4) is 0 Å². The lowest BCUT2D eigenvalue weighted by Gasteiger charge is -2.40. The Hall–Kier alpha value is -0.730. The molecule has 1 rings (SSSR count). The second-order valence-electron chi connectivity index (χ2n) is 5.13. The average molecular weight is 292 g/mol. The van der Waals surface area contributed by atoms with Crippen molar-refractivity contribution in [2.24, 2.45) is 0 Å². The molecule has 0 amide bonds. The van der Waals surface area contributed by atoms with Gasteiger partial charge in [0.1, 0.15) is 24.9 Å². The molecule has 7 nitrogen and oxygen atoms in total. The molecule has 0 aromatic carbocycles. The molecule has 1 fully saturated rings. The second kappa shape index (κ2) is 7.90. The number of rotatable bonds is 7. The molecular formula is C13H24O7. The highest BCUT2D eigenvalue weighted by atomic mass is 16.7. The summed E-state index contributed by atoms with van der Waals surface area (Å²) in [5, 5.41) is 38.4. The SMILES string of the molecule is CCCCCCC(=O)OCC1(O)OCC(O)C(O)C1O. The van der Waals surface area contributed by atoms with Crippen molar-refractivity contribution in [2.75, 3.05) is 13.2 Å². The van der Waals surface area contributed by atoms with Crippen molar-refractivity contribution in [3.63, 3.8) is 0 Å². The van der Waals surface area contributed by atoms with E-state index in [4.69, 9.17) is 9.47 Å². The largest absolute Gasteiger partial charge is 0.460 e.